The molecule has 1 unspecified atom stereocenters. The van der Waals surface area contributed by atoms with E-state index in [2.05, 4.69) is 0 Å². The monoisotopic (exact) mass is 289 g/mol. The molecule has 1 atom stereocenters. The largest absolute Gasteiger partial charge is 0.455 e. The van der Waals surface area contributed by atoms with Crippen LogP contribution in [0.25, 0.3) is 0 Å². The Hall–Kier alpha value is -1.44. The van der Waals surface area contributed by atoms with Gasteiger partial charge in [0.25, 0.3) is 5.69 Å². The quantitative estimate of drug-likeness (QED) is 0.364. The lowest BCUT2D eigenvalue weighted by molar-refractivity contribution is -0.385. The lowest BCUT2D eigenvalue weighted by Crippen LogP contribution is -2.40. The zero-order chi connectivity index (χ0) is 14.1. The van der Waals surface area contributed by atoms with E-state index in [-0.39, 0.29) is 0 Å². The first-order chi connectivity index (χ1) is 8.07. The van der Waals surface area contributed by atoms with Gasteiger partial charge in [0.05, 0.1) is 4.92 Å². The van der Waals surface area contributed by atoms with Gasteiger partial charge in [0.2, 0.25) is 0 Å². The first kappa shape index (κ1) is 14.6. The van der Waals surface area contributed by atoms with Crippen LogP contribution in [0.4, 0.5) is 27.6 Å². The number of non-ortho nitro benzene ring substituents is 1. The summed E-state index contributed by atoms with van der Waals surface area (Å²) in [7, 11) is 0. The average Bonchev–Trinajstić information content (AvgIpc) is 2.26. The van der Waals surface area contributed by atoms with E-state index in [4.69, 9.17) is 11.6 Å². The van der Waals surface area contributed by atoms with Gasteiger partial charge in [-0.1, -0.05) is 12.1 Å². The number of hydrogen-bond donors (Lipinski definition) is 0. The molecular weight excluding hydrogens is 285 g/mol. The average molecular weight is 290 g/mol. The summed E-state index contributed by atoms with van der Waals surface area (Å²) < 4.78 is 62.0. The van der Waals surface area contributed by atoms with Crippen LogP contribution >= 0.6 is 11.6 Å². The van der Waals surface area contributed by atoms with Crippen molar-refractivity contribution in [2.24, 2.45) is 0 Å². The minimum Gasteiger partial charge on any atom is -0.258 e. The van der Waals surface area contributed by atoms with Crippen molar-refractivity contribution < 1.29 is 26.9 Å². The van der Waals surface area contributed by atoms with Gasteiger partial charge in [-0.2, -0.15) is 22.0 Å². The summed E-state index contributed by atoms with van der Waals surface area (Å²) in [4.78, 5) is 9.46. The van der Waals surface area contributed by atoms with E-state index in [9.17, 15) is 32.1 Å². The molecule has 0 fully saturated rings. The molecule has 0 aliphatic rings. The van der Waals surface area contributed by atoms with Crippen LogP contribution in [-0.2, 0) is 0 Å². The fourth-order valence-corrected chi connectivity index (χ4v) is 1.41. The van der Waals surface area contributed by atoms with Crippen LogP contribution in [0.1, 0.15) is 10.9 Å². The Bertz CT molecular complexity index is 463. The Morgan fingerprint density at radius 1 is 1.22 bits per heavy atom. The Kier molecular flexibility index (Phi) is 3.80. The summed E-state index contributed by atoms with van der Waals surface area (Å²) in [5.41, 5.74) is -1.29. The Balaban J connectivity index is 3.15. The van der Waals surface area contributed by atoms with E-state index in [0.29, 0.717) is 6.07 Å². The predicted molar refractivity (Wildman–Crippen MR) is 52.7 cm³/mol. The number of nitrogens with zero attached hydrogens (tertiary/aromatic N) is 1. The second-order valence-electron chi connectivity index (χ2n) is 3.34. The van der Waals surface area contributed by atoms with E-state index < -0.39 is 33.7 Å². The number of nitro groups is 1. The minimum absolute atomic E-state index is 0.581. The van der Waals surface area contributed by atoms with Crippen LogP contribution in [-0.4, -0.2) is 17.0 Å². The SMILES string of the molecule is O=[N+]([O-])c1cccc(C(Cl)C(F)(F)C(F)(F)F)c1. The van der Waals surface area contributed by atoms with Crippen molar-refractivity contribution in [2.45, 2.75) is 17.5 Å². The Labute approximate surface area is 102 Å². The molecule has 0 radical (unpaired) electrons. The maximum atomic E-state index is 12.9. The summed E-state index contributed by atoms with van der Waals surface area (Å²) in [5, 5.41) is 7.65. The highest BCUT2D eigenvalue weighted by Crippen LogP contribution is 2.48. The molecule has 0 N–H and O–H groups in total. The lowest BCUT2D eigenvalue weighted by Gasteiger charge is -2.24. The highest BCUT2D eigenvalue weighted by molar-refractivity contribution is 6.21. The van der Waals surface area contributed by atoms with Crippen LogP contribution in [0.2, 0.25) is 0 Å². The molecule has 0 saturated heterocycles. The molecule has 0 spiro atoms. The van der Waals surface area contributed by atoms with Crippen molar-refractivity contribution >= 4 is 17.3 Å². The Morgan fingerprint density at radius 2 is 1.78 bits per heavy atom. The van der Waals surface area contributed by atoms with Crippen molar-refractivity contribution in [1.82, 2.24) is 0 Å². The first-order valence-electron chi connectivity index (χ1n) is 4.40. The molecule has 1 aromatic rings. The van der Waals surface area contributed by atoms with Crippen molar-refractivity contribution in [3.8, 4) is 0 Å². The molecule has 0 aliphatic heterocycles. The number of nitro benzene ring substituents is 1. The zero-order valence-electron chi connectivity index (χ0n) is 8.42. The van der Waals surface area contributed by atoms with Crippen molar-refractivity contribution in [3.05, 3.63) is 39.9 Å². The molecule has 3 nitrogen and oxygen atoms in total. The summed E-state index contributed by atoms with van der Waals surface area (Å²) in [6.45, 7) is 0. The van der Waals surface area contributed by atoms with Gasteiger partial charge in [-0.3, -0.25) is 10.1 Å². The molecule has 0 saturated carbocycles. The lowest BCUT2D eigenvalue weighted by atomic mass is 10.1. The molecule has 9 heteroatoms. The fourth-order valence-electron chi connectivity index (χ4n) is 1.15. The zero-order valence-corrected chi connectivity index (χ0v) is 9.17. The molecule has 100 valence electrons. The third-order valence-electron chi connectivity index (χ3n) is 2.07. The van der Waals surface area contributed by atoms with Crippen molar-refractivity contribution in [3.63, 3.8) is 0 Å². The number of hydrogen-bond acceptors (Lipinski definition) is 2. The Morgan fingerprint density at radius 3 is 2.22 bits per heavy atom. The van der Waals surface area contributed by atoms with Crippen LogP contribution in [0.3, 0.4) is 0 Å². The third kappa shape index (κ3) is 2.69. The van der Waals surface area contributed by atoms with Gasteiger partial charge in [0, 0.05) is 12.1 Å². The van der Waals surface area contributed by atoms with E-state index in [1.165, 1.54) is 0 Å². The first-order valence-corrected chi connectivity index (χ1v) is 4.84. The van der Waals surface area contributed by atoms with Gasteiger partial charge in [0.1, 0.15) is 5.38 Å². The predicted octanol–water partition coefficient (Wildman–Crippen LogP) is 4.07. The molecule has 18 heavy (non-hydrogen) atoms. The van der Waals surface area contributed by atoms with Crippen molar-refractivity contribution in [2.75, 3.05) is 0 Å². The summed E-state index contributed by atoms with van der Waals surface area (Å²) in [6.07, 6.45) is -5.83. The molecule has 0 bridgehead atoms. The van der Waals surface area contributed by atoms with Crippen LogP contribution < -0.4 is 0 Å². The summed E-state index contributed by atoms with van der Waals surface area (Å²) in [5.74, 6) is -5.18. The highest BCUT2D eigenvalue weighted by Gasteiger charge is 2.62. The maximum Gasteiger partial charge on any atom is 0.455 e. The summed E-state index contributed by atoms with van der Waals surface area (Å²) >= 11 is 5.07. The van der Waals surface area contributed by atoms with E-state index in [1.807, 2.05) is 0 Å². The van der Waals surface area contributed by atoms with E-state index in [1.54, 1.807) is 0 Å². The molecule has 0 amide bonds. The van der Waals surface area contributed by atoms with Crippen LogP contribution in [0.5, 0.6) is 0 Å². The number of alkyl halides is 6. The van der Waals surface area contributed by atoms with Gasteiger partial charge in [-0.25, -0.2) is 0 Å². The normalized spacial score (nSPS) is 14.3. The second-order valence-corrected chi connectivity index (χ2v) is 3.77. The van der Waals surface area contributed by atoms with Gasteiger partial charge < -0.3 is 0 Å². The van der Waals surface area contributed by atoms with Crippen LogP contribution in [0.15, 0.2) is 24.3 Å². The standard InChI is InChI=1S/C9H5ClF5NO2/c10-7(8(11,12)9(13,14)15)5-2-1-3-6(4-5)16(17)18/h1-4,7H. The van der Waals surface area contributed by atoms with E-state index in [0.717, 1.165) is 18.2 Å². The van der Waals surface area contributed by atoms with Gasteiger partial charge in [0.15, 0.2) is 0 Å². The number of benzene rings is 1. The molecule has 0 heterocycles. The third-order valence-corrected chi connectivity index (χ3v) is 2.60. The number of halogens is 6. The minimum atomic E-state index is -5.83. The molecule has 0 aliphatic carbocycles. The fraction of sp³-hybridized carbons (Fsp3) is 0.333. The molecular formula is C9H5ClF5NO2. The van der Waals surface area contributed by atoms with Gasteiger partial charge in [-0.05, 0) is 5.56 Å². The maximum absolute atomic E-state index is 12.9. The highest BCUT2D eigenvalue weighted by atomic mass is 35.5. The smallest absolute Gasteiger partial charge is 0.258 e. The van der Waals surface area contributed by atoms with E-state index >= 15 is 0 Å². The van der Waals surface area contributed by atoms with Crippen LogP contribution in [0, 0.1) is 10.1 Å². The molecule has 1 rings (SSSR count). The topological polar surface area (TPSA) is 43.1 Å². The van der Waals surface area contributed by atoms with Crippen molar-refractivity contribution in [1.29, 1.82) is 0 Å². The van der Waals surface area contributed by atoms with Gasteiger partial charge >= 0.3 is 12.1 Å². The second kappa shape index (κ2) is 4.68. The molecule has 1 aromatic carbocycles. The van der Waals surface area contributed by atoms with Gasteiger partial charge in [-0.15, -0.1) is 11.6 Å². The number of rotatable bonds is 3. The summed E-state index contributed by atoms with van der Waals surface area (Å²) in [6, 6.07) is 3.38. The molecule has 0 aromatic heterocycles.